The monoisotopic (exact) mass is 366 g/mol. The van der Waals surface area contributed by atoms with Crippen molar-refractivity contribution < 1.29 is 0 Å². The fraction of sp³-hybridized carbons (Fsp3) is 0.950. The van der Waals surface area contributed by atoms with Crippen molar-refractivity contribution in [2.45, 2.75) is 51.5 Å². The minimum Gasteiger partial charge on any atom is -0.356 e. The van der Waals surface area contributed by atoms with E-state index in [1.807, 2.05) is 7.05 Å². The summed E-state index contributed by atoms with van der Waals surface area (Å²) in [6.45, 7) is 15.1. The van der Waals surface area contributed by atoms with Gasteiger partial charge in [0.2, 0.25) is 0 Å². The lowest BCUT2D eigenvalue weighted by molar-refractivity contribution is 0.0982. The van der Waals surface area contributed by atoms with Gasteiger partial charge in [0.05, 0.1) is 0 Å². The number of nitrogens with zero attached hydrogens (tertiary/aromatic N) is 4. The van der Waals surface area contributed by atoms with Crippen LogP contribution in [0.4, 0.5) is 0 Å². The van der Waals surface area contributed by atoms with Crippen molar-refractivity contribution >= 4 is 5.96 Å². The first-order chi connectivity index (χ1) is 12.5. The third kappa shape index (κ3) is 7.41. The van der Waals surface area contributed by atoms with Crippen molar-refractivity contribution in [2.24, 2.45) is 4.99 Å². The second kappa shape index (κ2) is 11.1. The smallest absolute Gasteiger partial charge is 0.191 e. The highest BCUT2D eigenvalue weighted by atomic mass is 15.2. The molecule has 0 bridgehead atoms. The van der Waals surface area contributed by atoms with Gasteiger partial charge in [-0.1, -0.05) is 6.42 Å². The van der Waals surface area contributed by atoms with Crippen molar-refractivity contribution in [2.75, 3.05) is 73.0 Å². The zero-order valence-electron chi connectivity index (χ0n) is 17.7. The first-order valence-corrected chi connectivity index (χ1v) is 10.6. The van der Waals surface area contributed by atoms with Crippen LogP contribution in [-0.2, 0) is 0 Å². The van der Waals surface area contributed by atoms with Gasteiger partial charge in [-0.25, -0.2) is 0 Å². The number of nitrogens with one attached hydrogen (secondary N) is 2. The predicted molar refractivity (Wildman–Crippen MR) is 112 cm³/mol. The standard InChI is InChI=1S/C20H42N6/c1-20(2,26-14-6-5-7-15-26)18-23-19(21-3)22-10-8-12-25-13-9-11-24(4)16-17-25/h5-18H2,1-4H3,(H2,21,22,23). The van der Waals surface area contributed by atoms with Crippen molar-refractivity contribution in [1.82, 2.24) is 25.3 Å². The highest BCUT2D eigenvalue weighted by molar-refractivity contribution is 5.79. The maximum absolute atomic E-state index is 4.40. The van der Waals surface area contributed by atoms with E-state index >= 15 is 0 Å². The number of hydrogen-bond donors (Lipinski definition) is 2. The van der Waals surface area contributed by atoms with Gasteiger partial charge in [0.25, 0.3) is 0 Å². The molecule has 2 rings (SSSR count). The molecule has 2 saturated heterocycles. The maximum Gasteiger partial charge on any atom is 0.191 e. The number of piperidine rings is 1. The molecule has 0 aromatic heterocycles. The molecule has 2 aliphatic rings. The zero-order chi connectivity index (χ0) is 18.8. The molecule has 2 N–H and O–H groups in total. The SMILES string of the molecule is CN=C(NCCCN1CCCN(C)CC1)NCC(C)(C)N1CCCCC1. The molecule has 0 aliphatic carbocycles. The Kier molecular flexibility index (Phi) is 9.16. The van der Waals surface area contributed by atoms with E-state index in [4.69, 9.17) is 0 Å². The van der Waals surface area contributed by atoms with Gasteiger partial charge in [-0.05, 0) is 79.3 Å². The topological polar surface area (TPSA) is 46.1 Å². The van der Waals surface area contributed by atoms with Gasteiger partial charge in [0, 0.05) is 38.8 Å². The zero-order valence-corrected chi connectivity index (χ0v) is 17.7. The van der Waals surface area contributed by atoms with Gasteiger partial charge < -0.3 is 20.4 Å². The molecule has 152 valence electrons. The fourth-order valence-electron chi connectivity index (χ4n) is 3.96. The number of likely N-dealkylation sites (N-methyl/N-ethyl adjacent to an activating group) is 1. The van der Waals surface area contributed by atoms with Crippen LogP contribution in [0.5, 0.6) is 0 Å². The molecular formula is C20H42N6. The Labute approximate surface area is 161 Å². The van der Waals surface area contributed by atoms with E-state index in [9.17, 15) is 0 Å². The van der Waals surface area contributed by atoms with E-state index in [-0.39, 0.29) is 5.54 Å². The van der Waals surface area contributed by atoms with Crippen LogP contribution in [0.3, 0.4) is 0 Å². The summed E-state index contributed by atoms with van der Waals surface area (Å²) >= 11 is 0. The van der Waals surface area contributed by atoms with Crippen LogP contribution in [-0.4, -0.2) is 99.2 Å². The molecule has 0 radical (unpaired) electrons. The molecule has 0 saturated carbocycles. The molecule has 2 heterocycles. The fourth-order valence-corrected chi connectivity index (χ4v) is 3.96. The normalized spacial score (nSPS) is 22.2. The van der Waals surface area contributed by atoms with E-state index in [1.165, 1.54) is 77.9 Å². The third-order valence-corrected chi connectivity index (χ3v) is 5.88. The largest absolute Gasteiger partial charge is 0.356 e. The Morgan fingerprint density at radius 3 is 2.42 bits per heavy atom. The van der Waals surface area contributed by atoms with E-state index in [0.717, 1.165) is 19.0 Å². The molecular weight excluding hydrogens is 324 g/mol. The summed E-state index contributed by atoms with van der Waals surface area (Å²) in [5.41, 5.74) is 0.177. The first kappa shape index (κ1) is 21.5. The van der Waals surface area contributed by atoms with Gasteiger partial charge in [0.1, 0.15) is 0 Å². The highest BCUT2D eigenvalue weighted by Gasteiger charge is 2.27. The second-order valence-corrected chi connectivity index (χ2v) is 8.56. The summed E-state index contributed by atoms with van der Waals surface area (Å²) in [5, 5.41) is 7.03. The Morgan fingerprint density at radius 2 is 1.69 bits per heavy atom. The van der Waals surface area contributed by atoms with E-state index in [1.54, 1.807) is 0 Å². The van der Waals surface area contributed by atoms with Crippen molar-refractivity contribution in [3.8, 4) is 0 Å². The average molecular weight is 367 g/mol. The molecule has 26 heavy (non-hydrogen) atoms. The maximum atomic E-state index is 4.40. The first-order valence-electron chi connectivity index (χ1n) is 10.6. The Morgan fingerprint density at radius 1 is 0.923 bits per heavy atom. The molecule has 2 aliphatic heterocycles. The van der Waals surface area contributed by atoms with Gasteiger partial charge in [-0.3, -0.25) is 9.89 Å². The molecule has 6 heteroatoms. The van der Waals surface area contributed by atoms with Gasteiger partial charge >= 0.3 is 0 Å². The Bertz CT molecular complexity index is 417. The Hall–Kier alpha value is -0.850. The number of likely N-dealkylation sites (tertiary alicyclic amines) is 1. The molecule has 6 nitrogen and oxygen atoms in total. The molecule has 0 aromatic rings. The van der Waals surface area contributed by atoms with Crippen LogP contribution in [0.15, 0.2) is 4.99 Å². The number of hydrogen-bond acceptors (Lipinski definition) is 4. The summed E-state index contributed by atoms with van der Waals surface area (Å²) in [5.74, 6) is 0.936. The minimum atomic E-state index is 0.177. The van der Waals surface area contributed by atoms with Crippen molar-refractivity contribution in [3.63, 3.8) is 0 Å². The lowest BCUT2D eigenvalue weighted by atomic mass is 9.98. The van der Waals surface area contributed by atoms with Crippen LogP contribution in [0.1, 0.15) is 46.0 Å². The van der Waals surface area contributed by atoms with Gasteiger partial charge in [-0.2, -0.15) is 0 Å². The molecule has 2 fully saturated rings. The third-order valence-electron chi connectivity index (χ3n) is 5.88. The minimum absolute atomic E-state index is 0.177. The lowest BCUT2D eigenvalue weighted by Crippen LogP contribution is -2.55. The lowest BCUT2D eigenvalue weighted by Gasteiger charge is -2.41. The van der Waals surface area contributed by atoms with Crippen LogP contribution < -0.4 is 10.6 Å². The molecule has 0 amide bonds. The summed E-state index contributed by atoms with van der Waals surface area (Å²) in [6.07, 6.45) is 6.51. The Balaban J connectivity index is 1.62. The summed E-state index contributed by atoms with van der Waals surface area (Å²) in [7, 11) is 4.10. The van der Waals surface area contributed by atoms with Gasteiger partial charge in [-0.15, -0.1) is 0 Å². The average Bonchev–Trinajstić information content (AvgIpc) is 2.86. The van der Waals surface area contributed by atoms with Crippen LogP contribution in [0.2, 0.25) is 0 Å². The van der Waals surface area contributed by atoms with E-state index in [2.05, 4.69) is 51.2 Å². The predicted octanol–water partition coefficient (Wildman–Crippen LogP) is 1.44. The molecule has 0 spiro atoms. The van der Waals surface area contributed by atoms with Crippen molar-refractivity contribution in [1.29, 1.82) is 0 Å². The highest BCUT2D eigenvalue weighted by Crippen LogP contribution is 2.19. The van der Waals surface area contributed by atoms with Crippen LogP contribution in [0.25, 0.3) is 0 Å². The van der Waals surface area contributed by atoms with Crippen molar-refractivity contribution in [3.05, 3.63) is 0 Å². The summed E-state index contributed by atoms with van der Waals surface area (Å²) in [6, 6.07) is 0. The summed E-state index contributed by atoms with van der Waals surface area (Å²) < 4.78 is 0. The van der Waals surface area contributed by atoms with Crippen LogP contribution in [0, 0.1) is 0 Å². The van der Waals surface area contributed by atoms with E-state index < -0.39 is 0 Å². The second-order valence-electron chi connectivity index (χ2n) is 8.56. The molecule has 0 atom stereocenters. The molecule has 0 aromatic carbocycles. The molecule has 0 unspecified atom stereocenters. The number of rotatable bonds is 7. The van der Waals surface area contributed by atoms with Crippen LogP contribution >= 0.6 is 0 Å². The van der Waals surface area contributed by atoms with E-state index in [0.29, 0.717) is 0 Å². The number of guanidine groups is 1. The van der Waals surface area contributed by atoms with Gasteiger partial charge in [0.15, 0.2) is 5.96 Å². The number of aliphatic imine (C=N–C) groups is 1. The summed E-state index contributed by atoms with van der Waals surface area (Å²) in [4.78, 5) is 12.1. The quantitative estimate of drug-likeness (QED) is 0.406.